The van der Waals surface area contributed by atoms with Crippen molar-refractivity contribution in [1.82, 2.24) is 14.8 Å². The minimum atomic E-state index is -0.464. The van der Waals surface area contributed by atoms with Crippen LogP contribution in [0.1, 0.15) is 34.6 Å². The Labute approximate surface area is 156 Å². The lowest BCUT2D eigenvalue weighted by atomic mass is 9.78. The lowest BCUT2D eigenvalue weighted by Crippen LogP contribution is -2.51. The SMILES string of the molecule is Cc1nc2ccc(C(=O)N3CC[C@@]4(CCCN(CCO)C4=O)C3)cc2s1. The second-order valence-corrected chi connectivity index (χ2v) is 8.53. The standard InChI is InChI=1S/C19H23N3O3S/c1-13-20-15-4-3-14(11-16(15)26-13)17(24)22-8-6-19(12-22)5-2-7-21(9-10-23)18(19)25/h3-4,11,23H,2,5-10,12H2,1H3/t19-/m0/s1. The van der Waals surface area contributed by atoms with Gasteiger partial charge in [-0.25, -0.2) is 4.98 Å². The minimum Gasteiger partial charge on any atom is -0.395 e. The Morgan fingerprint density at radius 1 is 1.35 bits per heavy atom. The van der Waals surface area contributed by atoms with E-state index in [0.717, 1.165) is 28.1 Å². The highest BCUT2D eigenvalue weighted by molar-refractivity contribution is 7.18. The van der Waals surface area contributed by atoms with E-state index in [0.29, 0.717) is 38.2 Å². The van der Waals surface area contributed by atoms with Crippen molar-refractivity contribution in [3.8, 4) is 0 Å². The van der Waals surface area contributed by atoms with E-state index in [9.17, 15) is 14.7 Å². The third kappa shape index (κ3) is 2.89. The highest BCUT2D eigenvalue weighted by Gasteiger charge is 2.49. The fourth-order valence-corrected chi connectivity index (χ4v) is 5.13. The van der Waals surface area contributed by atoms with Gasteiger partial charge in [0, 0.05) is 31.7 Å². The Balaban J connectivity index is 1.53. The van der Waals surface area contributed by atoms with E-state index >= 15 is 0 Å². The van der Waals surface area contributed by atoms with E-state index in [-0.39, 0.29) is 18.4 Å². The molecule has 6 nitrogen and oxygen atoms in total. The van der Waals surface area contributed by atoms with E-state index in [1.54, 1.807) is 16.2 Å². The Morgan fingerprint density at radius 2 is 2.19 bits per heavy atom. The number of thiazole rings is 1. The third-order valence-corrected chi connectivity index (χ3v) is 6.51. The highest BCUT2D eigenvalue weighted by atomic mass is 32.1. The first-order valence-corrected chi connectivity index (χ1v) is 9.91. The van der Waals surface area contributed by atoms with Crippen LogP contribution in [0.5, 0.6) is 0 Å². The van der Waals surface area contributed by atoms with Crippen LogP contribution in [0.3, 0.4) is 0 Å². The van der Waals surface area contributed by atoms with Crippen molar-refractivity contribution in [2.24, 2.45) is 5.41 Å². The zero-order valence-corrected chi connectivity index (χ0v) is 15.7. The molecule has 1 atom stereocenters. The zero-order valence-electron chi connectivity index (χ0n) is 14.9. The van der Waals surface area contributed by atoms with E-state index in [4.69, 9.17) is 0 Å². The molecule has 3 heterocycles. The van der Waals surface area contributed by atoms with Crippen LogP contribution in [-0.4, -0.2) is 64.5 Å². The second kappa shape index (κ2) is 6.63. The van der Waals surface area contributed by atoms with Crippen molar-refractivity contribution in [3.05, 3.63) is 28.8 Å². The van der Waals surface area contributed by atoms with Gasteiger partial charge in [-0.05, 0) is 44.4 Å². The number of β-amino-alcohol motifs (C(OH)–C–C–N with tert-alkyl or cyclic N) is 1. The maximum Gasteiger partial charge on any atom is 0.253 e. The number of aromatic nitrogens is 1. The van der Waals surface area contributed by atoms with Crippen molar-refractivity contribution in [1.29, 1.82) is 0 Å². The number of piperidine rings is 1. The summed E-state index contributed by atoms with van der Waals surface area (Å²) in [6, 6.07) is 5.64. The number of rotatable bonds is 3. The maximum atomic E-state index is 13.0. The summed E-state index contributed by atoms with van der Waals surface area (Å²) in [5.74, 6) is 0.0866. The molecule has 0 unspecified atom stereocenters. The number of carbonyl (C=O) groups is 2. The molecular formula is C19H23N3O3S. The van der Waals surface area contributed by atoms with Crippen LogP contribution in [0.2, 0.25) is 0 Å². The molecule has 0 aliphatic carbocycles. The van der Waals surface area contributed by atoms with Gasteiger partial charge in [0.1, 0.15) is 0 Å². The molecule has 2 fully saturated rings. The average molecular weight is 373 g/mol. The third-order valence-electron chi connectivity index (χ3n) is 5.58. The quantitative estimate of drug-likeness (QED) is 0.894. The van der Waals surface area contributed by atoms with Gasteiger partial charge in [-0.15, -0.1) is 11.3 Å². The molecule has 1 aromatic carbocycles. The zero-order chi connectivity index (χ0) is 18.3. The summed E-state index contributed by atoms with van der Waals surface area (Å²) in [5, 5.41) is 10.2. The van der Waals surface area contributed by atoms with Crippen LogP contribution in [0.15, 0.2) is 18.2 Å². The smallest absolute Gasteiger partial charge is 0.253 e. The largest absolute Gasteiger partial charge is 0.395 e. The first kappa shape index (κ1) is 17.4. The molecule has 2 aromatic rings. The van der Waals surface area contributed by atoms with Gasteiger partial charge in [0.15, 0.2) is 0 Å². The molecule has 0 radical (unpaired) electrons. The summed E-state index contributed by atoms with van der Waals surface area (Å²) in [7, 11) is 0. The van der Waals surface area contributed by atoms with E-state index in [1.807, 2.05) is 30.0 Å². The Hall–Kier alpha value is -1.99. The lowest BCUT2D eigenvalue weighted by molar-refractivity contribution is -0.146. The van der Waals surface area contributed by atoms with Gasteiger partial charge in [0.2, 0.25) is 5.91 Å². The molecule has 7 heteroatoms. The number of amides is 2. The number of nitrogens with zero attached hydrogens (tertiary/aromatic N) is 3. The number of aryl methyl sites for hydroxylation is 1. The van der Waals surface area contributed by atoms with Gasteiger partial charge < -0.3 is 14.9 Å². The summed E-state index contributed by atoms with van der Waals surface area (Å²) in [4.78, 5) is 33.9. The van der Waals surface area contributed by atoms with Crippen molar-refractivity contribution < 1.29 is 14.7 Å². The van der Waals surface area contributed by atoms with Gasteiger partial charge in [-0.1, -0.05) is 0 Å². The topological polar surface area (TPSA) is 73.7 Å². The van der Waals surface area contributed by atoms with Crippen molar-refractivity contribution in [2.75, 3.05) is 32.8 Å². The molecule has 2 saturated heterocycles. The van der Waals surface area contributed by atoms with E-state index in [1.165, 1.54) is 0 Å². The average Bonchev–Trinajstić information content (AvgIpc) is 3.21. The Morgan fingerprint density at radius 3 is 3.00 bits per heavy atom. The molecule has 1 N–H and O–H groups in total. The molecule has 4 rings (SSSR count). The number of aliphatic hydroxyl groups excluding tert-OH is 1. The fourth-order valence-electron chi connectivity index (χ4n) is 4.27. The van der Waals surface area contributed by atoms with Crippen LogP contribution in [0.4, 0.5) is 0 Å². The van der Waals surface area contributed by atoms with Gasteiger partial charge >= 0.3 is 0 Å². The first-order chi connectivity index (χ1) is 12.5. The molecule has 138 valence electrons. The summed E-state index contributed by atoms with van der Waals surface area (Å²) in [6.45, 7) is 4.12. The van der Waals surface area contributed by atoms with Crippen LogP contribution in [0, 0.1) is 12.3 Å². The van der Waals surface area contributed by atoms with Gasteiger partial charge in [0.25, 0.3) is 5.91 Å². The van der Waals surface area contributed by atoms with Crippen LogP contribution in [0.25, 0.3) is 10.2 Å². The second-order valence-electron chi connectivity index (χ2n) is 7.29. The molecular weight excluding hydrogens is 350 g/mol. The summed E-state index contributed by atoms with van der Waals surface area (Å²) in [6.07, 6.45) is 2.46. The summed E-state index contributed by atoms with van der Waals surface area (Å²) < 4.78 is 1.02. The number of hydrogen-bond donors (Lipinski definition) is 1. The number of likely N-dealkylation sites (tertiary alicyclic amines) is 2. The van der Waals surface area contributed by atoms with Crippen LogP contribution in [-0.2, 0) is 4.79 Å². The molecule has 0 saturated carbocycles. The van der Waals surface area contributed by atoms with Crippen molar-refractivity contribution in [3.63, 3.8) is 0 Å². The van der Waals surface area contributed by atoms with E-state index < -0.39 is 5.41 Å². The molecule has 1 spiro atoms. The van der Waals surface area contributed by atoms with Crippen molar-refractivity contribution in [2.45, 2.75) is 26.2 Å². The van der Waals surface area contributed by atoms with Gasteiger partial charge in [-0.2, -0.15) is 0 Å². The van der Waals surface area contributed by atoms with E-state index in [2.05, 4.69) is 4.98 Å². The number of carbonyl (C=O) groups excluding carboxylic acids is 2. The molecule has 2 aliphatic heterocycles. The van der Waals surface area contributed by atoms with Crippen LogP contribution < -0.4 is 0 Å². The molecule has 0 bridgehead atoms. The lowest BCUT2D eigenvalue weighted by Gasteiger charge is -2.39. The Kier molecular flexibility index (Phi) is 4.44. The number of aliphatic hydroxyl groups is 1. The minimum absolute atomic E-state index is 0.0121. The Bertz CT molecular complexity index is 863. The number of benzene rings is 1. The predicted molar refractivity (Wildman–Crippen MR) is 100 cm³/mol. The number of hydrogen-bond acceptors (Lipinski definition) is 5. The highest BCUT2D eigenvalue weighted by Crippen LogP contribution is 2.40. The summed E-state index contributed by atoms with van der Waals surface area (Å²) >= 11 is 1.59. The maximum absolute atomic E-state index is 13.0. The van der Waals surface area contributed by atoms with Crippen molar-refractivity contribution >= 4 is 33.4 Å². The number of fused-ring (bicyclic) bond motifs is 1. The first-order valence-electron chi connectivity index (χ1n) is 9.09. The predicted octanol–water partition coefficient (Wildman–Crippen LogP) is 2.05. The van der Waals surface area contributed by atoms with Gasteiger partial charge in [-0.3, -0.25) is 9.59 Å². The molecule has 2 aliphatic rings. The monoisotopic (exact) mass is 373 g/mol. The normalized spacial score (nSPS) is 23.4. The molecule has 26 heavy (non-hydrogen) atoms. The van der Waals surface area contributed by atoms with Crippen LogP contribution >= 0.6 is 11.3 Å². The summed E-state index contributed by atoms with van der Waals surface area (Å²) in [5.41, 5.74) is 1.12. The van der Waals surface area contributed by atoms with Gasteiger partial charge in [0.05, 0.1) is 27.2 Å². The fraction of sp³-hybridized carbons (Fsp3) is 0.526. The molecule has 1 aromatic heterocycles. The molecule has 2 amide bonds.